The lowest BCUT2D eigenvalue weighted by atomic mass is 10.1. The number of hydrogen-bond acceptors (Lipinski definition) is 6. The van der Waals surface area contributed by atoms with Crippen molar-refractivity contribution in [3.63, 3.8) is 0 Å². The third-order valence-electron chi connectivity index (χ3n) is 2.60. The topological polar surface area (TPSA) is 111 Å². The van der Waals surface area contributed by atoms with Crippen LogP contribution in [0.3, 0.4) is 0 Å². The minimum absolute atomic E-state index is 0.0516. The van der Waals surface area contributed by atoms with Gasteiger partial charge in [0, 0.05) is 24.1 Å². The molecule has 0 fully saturated rings. The molecule has 0 unspecified atom stereocenters. The summed E-state index contributed by atoms with van der Waals surface area (Å²) < 4.78 is 0. The number of nitrogens with zero attached hydrogens (tertiary/aromatic N) is 2. The number of nitro benzene ring substituents is 1. The first kappa shape index (κ1) is 13.9. The predicted octanol–water partition coefficient (Wildman–Crippen LogP) is 1.61. The molecule has 1 amide bonds. The van der Waals surface area contributed by atoms with Crippen molar-refractivity contribution in [1.29, 1.82) is 0 Å². The minimum atomic E-state index is -0.446. The van der Waals surface area contributed by atoms with Crippen molar-refractivity contribution in [1.82, 2.24) is 10.3 Å². The molecule has 8 heteroatoms. The fourth-order valence-electron chi connectivity index (χ4n) is 1.59. The Kier molecular flexibility index (Phi) is 4.26. The Labute approximate surface area is 118 Å². The summed E-state index contributed by atoms with van der Waals surface area (Å²) in [5, 5.41) is 15.2. The molecule has 3 N–H and O–H groups in total. The van der Waals surface area contributed by atoms with Gasteiger partial charge >= 0.3 is 0 Å². The van der Waals surface area contributed by atoms with Gasteiger partial charge in [-0.25, -0.2) is 4.98 Å². The SMILES string of the molecule is Nc1nc(C(=O)NCCc2ccc([N+](=O)[O-])cc2)cs1. The van der Waals surface area contributed by atoms with Gasteiger partial charge in [-0.05, 0) is 12.0 Å². The quantitative estimate of drug-likeness (QED) is 0.642. The van der Waals surface area contributed by atoms with Crippen molar-refractivity contribution in [3.05, 3.63) is 51.0 Å². The summed E-state index contributed by atoms with van der Waals surface area (Å²) in [6, 6.07) is 6.23. The molecule has 0 aliphatic carbocycles. The van der Waals surface area contributed by atoms with Crippen LogP contribution in [0.25, 0.3) is 0 Å². The summed E-state index contributed by atoms with van der Waals surface area (Å²) in [5.74, 6) is -0.278. The van der Waals surface area contributed by atoms with E-state index in [4.69, 9.17) is 5.73 Å². The van der Waals surface area contributed by atoms with Crippen LogP contribution in [-0.2, 0) is 6.42 Å². The Morgan fingerprint density at radius 1 is 1.40 bits per heavy atom. The van der Waals surface area contributed by atoms with E-state index in [0.717, 1.165) is 5.56 Å². The molecule has 0 saturated carbocycles. The number of aromatic nitrogens is 1. The highest BCUT2D eigenvalue weighted by molar-refractivity contribution is 7.13. The first-order valence-corrected chi connectivity index (χ1v) is 6.67. The molecule has 2 rings (SSSR count). The molecule has 0 spiro atoms. The normalized spacial score (nSPS) is 10.2. The highest BCUT2D eigenvalue weighted by atomic mass is 32.1. The van der Waals surface area contributed by atoms with E-state index >= 15 is 0 Å². The molecule has 0 atom stereocenters. The Hall–Kier alpha value is -2.48. The van der Waals surface area contributed by atoms with E-state index in [9.17, 15) is 14.9 Å². The van der Waals surface area contributed by atoms with Crippen LogP contribution in [0.4, 0.5) is 10.8 Å². The molecule has 0 radical (unpaired) electrons. The second kappa shape index (κ2) is 6.11. The first-order valence-electron chi connectivity index (χ1n) is 5.79. The van der Waals surface area contributed by atoms with Gasteiger partial charge in [-0.3, -0.25) is 14.9 Å². The monoisotopic (exact) mass is 292 g/mol. The van der Waals surface area contributed by atoms with Gasteiger partial charge in [0.1, 0.15) is 5.69 Å². The number of nitrogens with one attached hydrogen (secondary N) is 1. The maximum absolute atomic E-state index is 11.7. The molecule has 1 aromatic carbocycles. The molecule has 20 heavy (non-hydrogen) atoms. The molecule has 1 aromatic heterocycles. The smallest absolute Gasteiger partial charge is 0.270 e. The lowest BCUT2D eigenvalue weighted by molar-refractivity contribution is -0.384. The Morgan fingerprint density at radius 3 is 2.65 bits per heavy atom. The third-order valence-corrected chi connectivity index (χ3v) is 3.27. The number of hydrogen-bond donors (Lipinski definition) is 2. The van der Waals surface area contributed by atoms with Crippen LogP contribution in [0.2, 0.25) is 0 Å². The number of carbonyl (C=O) groups is 1. The first-order chi connectivity index (χ1) is 9.56. The van der Waals surface area contributed by atoms with Crippen LogP contribution in [0.15, 0.2) is 29.6 Å². The molecule has 2 aromatic rings. The van der Waals surface area contributed by atoms with E-state index in [1.807, 2.05) is 0 Å². The van der Waals surface area contributed by atoms with Gasteiger partial charge in [-0.1, -0.05) is 12.1 Å². The van der Waals surface area contributed by atoms with Crippen LogP contribution >= 0.6 is 11.3 Å². The van der Waals surface area contributed by atoms with Crippen LogP contribution < -0.4 is 11.1 Å². The molecule has 7 nitrogen and oxygen atoms in total. The Morgan fingerprint density at radius 2 is 2.10 bits per heavy atom. The summed E-state index contributed by atoms with van der Waals surface area (Å²) in [4.78, 5) is 25.6. The number of non-ortho nitro benzene ring substituents is 1. The number of benzene rings is 1. The summed E-state index contributed by atoms with van der Waals surface area (Å²) >= 11 is 1.21. The van der Waals surface area contributed by atoms with Crippen molar-refractivity contribution in [2.75, 3.05) is 12.3 Å². The molecule has 0 aliphatic rings. The molecule has 0 saturated heterocycles. The van der Waals surface area contributed by atoms with Crippen LogP contribution in [0, 0.1) is 10.1 Å². The molecule has 104 valence electrons. The summed E-state index contributed by atoms with van der Waals surface area (Å²) in [6.07, 6.45) is 0.587. The van der Waals surface area contributed by atoms with Gasteiger partial charge in [-0.15, -0.1) is 11.3 Å². The standard InChI is InChI=1S/C12H12N4O3S/c13-12-15-10(7-20-12)11(17)14-6-5-8-1-3-9(4-2-8)16(18)19/h1-4,7H,5-6H2,(H2,13,15)(H,14,17). The van der Waals surface area contributed by atoms with Crippen molar-refractivity contribution in [2.24, 2.45) is 0 Å². The zero-order chi connectivity index (χ0) is 14.5. The maximum Gasteiger partial charge on any atom is 0.270 e. The second-order valence-corrected chi connectivity index (χ2v) is 4.89. The van der Waals surface area contributed by atoms with Crippen molar-refractivity contribution >= 4 is 28.1 Å². The third kappa shape index (κ3) is 3.51. The zero-order valence-corrected chi connectivity index (χ0v) is 11.2. The zero-order valence-electron chi connectivity index (χ0n) is 10.4. The van der Waals surface area contributed by atoms with Crippen LogP contribution in [0.1, 0.15) is 16.1 Å². The number of thiazole rings is 1. The van der Waals surface area contributed by atoms with Crippen molar-refractivity contribution in [2.45, 2.75) is 6.42 Å². The summed E-state index contributed by atoms with van der Waals surface area (Å²) in [6.45, 7) is 0.425. The average molecular weight is 292 g/mol. The Bertz CT molecular complexity index is 624. The van der Waals surface area contributed by atoms with Crippen molar-refractivity contribution < 1.29 is 9.72 Å². The maximum atomic E-state index is 11.7. The fourth-order valence-corrected chi connectivity index (χ4v) is 2.13. The van der Waals surface area contributed by atoms with E-state index in [1.54, 1.807) is 17.5 Å². The van der Waals surface area contributed by atoms with Gasteiger partial charge in [0.15, 0.2) is 5.13 Å². The molecule has 1 heterocycles. The fraction of sp³-hybridized carbons (Fsp3) is 0.167. The van der Waals surface area contributed by atoms with E-state index in [0.29, 0.717) is 23.8 Å². The number of anilines is 1. The largest absolute Gasteiger partial charge is 0.375 e. The summed E-state index contributed by atoms with van der Waals surface area (Å²) in [7, 11) is 0. The number of rotatable bonds is 5. The number of nitrogen functional groups attached to an aromatic ring is 1. The number of nitrogens with two attached hydrogens (primary N) is 1. The number of amides is 1. The Balaban J connectivity index is 1.83. The van der Waals surface area contributed by atoms with Gasteiger partial charge in [-0.2, -0.15) is 0 Å². The second-order valence-electron chi connectivity index (χ2n) is 4.00. The predicted molar refractivity (Wildman–Crippen MR) is 75.7 cm³/mol. The lowest BCUT2D eigenvalue weighted by Gasteiger charge is -2.03. The highest BCUT2D eigenvalue weighted by Crippen LogP contribution is 2.12. The number of carbonyl (C=O) groups excluding carboxylic acids is 1. The summed E-state index contributed by atoms with van der Waals surface area (Å²) in [5.41, 5.74) is 6.71. The van der Waals surface area contributed by atoms with E-state index < -0.39 is 4.92 Å². The molecule has 0 aliphatic heterocycles. The number of nitro groups is 1. The van der Waals surface area contributed by atoms with Gasteiger partial charge in [0.2, 0.25) is 0 Å². The van der Waals surface area contributed by atoms with Crippen LogP contribution in [0.5, 0.6) is 0 Å². The molecular weight excluding hydrogens is 280 g/mol. The van der Waals surface area contributed by atoms with Crippen molar-refractivity contribution in [3.8, 4) is 0 Å². The van der Waals surface area contributed by atoms with E-state index in [1.165, 1.54) is 23.5 Å². The van der Waals surface area contributed by atoms with E-state index in [-0.39, 0.29) is 11.6 Å². The molecule has 0 bridgehead atoms. The van der Waals surface area contributed by atoms with Gasteiger partial charge < -0.3 is 11.1 Å². The van der Waals surface area contributed by atoms with E-state index in [2.05, 4.69) is 10.3 Å². The lowest BCUT2D eigenvalue weighted by Crippen LogP contribution is -2.25. The minimum Gasteiger partial charge on any atom is -0.375 e. The van der Waals surface area contributed by atoms with Crippen LogP contribution in [-0.4, -0.2) is 22.4 Å². The highest BCUT2D eigenvalue weighted by Gasteiger charge is 2.09. The average Bonchev–Trinajstić information content (AvgIpc) is 2.86. The van der Waals surface area contributed by atoms with Gasteiger partial charge in [0.25, 0.3) is 11.6 Å². The molecular formula is C12H12N4O3S. The van der Waals surface area contributed by atoms with Gasteiger partial charge in [0.05, 0.1) is 4.92 Å².